The van der Waals surface area contributed by atoms with Gasteiger partial charge in [0, 0.05) is 10.5 Å². The molecule has 0 spiro atoms. The molecule has 0 bridgehead atoms. The summed E-state index contributed by atoms with van der Waals surface area (Å²) in [6.07, 6.45) is -0.665. The molecule has 1 nitrogen and oxygen atoms in total. The number of thioether (sulfide) groups is 1. The maximum atomic E-state index is 12.5. The summed E-state index contributed by atoms with van der Waals surface area (Å²) in [6.45, 7) is 1.43. The molecule has 1 aromatic carbocycles. The first-order valence-electron chi connectivity index (χ1n) is 4.58. The van der Waals surface area contributed by atoms with Crippen molar-refractivity contribution in [3.63, 3.8) is 0 Å². The summed E-state index contributed by atoms with van der Waals surface area (Å²) in [4.78, 5) is 11.6. The highest BCUT2D eigenvalue weighted by Crippen LogP contribution is 2.34. The van der Waals surface area contributed by atoms with E-state index in [9.17, 15) is 13.6 Å². The minimum absolute atomic E-state index is 0.0569. The van der Waals surface area contributed by atoms with Crippen molar-refractivity contribution in [1.29, 1.82) is 0 Å². The third kappa shape index (κ3) is 3.04. The number of hydrogen-bond donors (Lipinski definition) is 0. The molecule has 16 heavy (non-hydrogen) atoms. The average molecular weight is 309 g/mol. The van der Waals surface area contributed by atoms with E-state index >= 15 is 0 Å². The quantitative estimate of drug-likeness (QED) is 0.607. The highest BCUT2D eigenvalue weighted by Gasteiger charge is 2.19. The van der Waals surface area contributed by atoms with Gasteiger partial charge in [0.1, 0.15) is 5.78 Å². The molecule has 0 amide bonds. The molecule has 0 saturated carbocycles. The molecule has 1 atom stereocenters. The Labute approximate surface area is 106 Å². The van der Waals surface area contributed by atoms with Crippen LogP contribution in [0.15, 0.2) is 23.1 Å². The Morgan fingerprint density at radius 2 is 2.06 bits per heavy atom. The van der Waals surface area contributed by atoms with Crippen molar-refractivity contribution >= 4 is 33.5 Å². The standard InChI is InChI=1S/C11H11BrF2OS/c1-6(15)10(12)8-5-7(11(13)14)3-4-9(8)16-2/h3-5,10-11H,1-2H3. The summed E-state index contributed by atoms with van der Waals surface area (Å²) < 4.78 is 25.1. The Morgan fingerprint density at radius 1 is 1.44 bits per heavy atom. The van der Waals surface area contributed by atoms with Gasteiger partial charge in [-0.25, -0.2) is 8.78 Å². The molecule has 1 aromatic rings. The molecule has 0 N–H and O–H groups in total. The SMILES string of the molecule is CSc1ccc(C(F)F)cc1C(Br)C(C)=O. The number of carbonyl (C=O) groups excluding carboxylic acids is 1. The summed E-state index contributed by atoms with van der Waals surface area (Å²) in [7, 11) is 0. The van der Waals surface area contributed by atoms with Gasteiger partial charge in [-0.15, -0.1) is 11.8 Å². The molecule has 0 radical (unpaired) electrons. The second kappa shape index (κ2) is 5.77. The van der Waals surface area contributed by atoms with Gasteiger partial charge in [0.25, 0.3) is 6.43 Å². The average Bonchev–Trinajstić information content (AvgIpc) is 2.26. The van der Waals surface area contributed by atoms with Crippen LogP contribution in [-0.2, 0) is 4.79 Å². The summed E-state index contributed by atoms with van der Waals surface area (Å²) in [5, 5.41) is 0. The van der Waals surface area contributed by atoms with Gasteiger partial charge < -0.3 is 0 Å². The van der Waals surface area contributed by atoms with E-state index < -0.39 is 11.3 Å². The summed E-state index contributed by atoms with van der Waals surface area (Å²) in [5.41, 5.74) is 0.552. The highest BCUT2D eigenvalue weighted by atomic mass is 79.9. The second-order valence-electron chi connectivity index (χ2n) is 3.28. The molecule has 0 aliphatic carbocycles. The molecular formula is C11H11BrF2OS. The minimum atomic E-state index is -2.51. The van der Waals surface area contributed by atoms with E-state index in [1.54, 1.807) is 6.07 Å². The zero-order valence-corrected chi connectivity index (χ0v) is 11.2. The minimum Gasteiger partial charge on any atom is -0.298 e. The number of hydrogen-bond acceptors (Lipinski definition) is 2. The molecule has 0 fully saturated rings. The van der Waals surface area contributed by atoms with Gasteiger partial charge in [-0.3, -0.25) is 4.79 Å². The first-order chi connectivity index (χ1) is 7.47. The fraction of sp³-hybridized carbons (Fsp3) is 0.364. The number of Topliss-reactive ketones (excluding diaryl/α,β-unsaturated/α-hetero) is 1. The van der Waals surface area contributed by atoms with Gasteiger partial charge in [-0.05, 0) is 30.9 Å². The van der Waals surface area contributed by atoms with Crippen molar-refractivity contribution in [2.24, 2.45) is 0 Å². The molecule has 1 rings (SSSR count). The van der Waals surface area contributed by atoms with Crippen LogP contribution >= 0.6 is 27.7 Å². The lowest BCUT2D eigenvalue weighted by atomic mass is 10.1. The molecule has 0 aliphatic heterocycles. The third-order valence-electron chi connectivity index (χ3n) is 2.14. The molecule has 0 saturated heterocycles. The van der Waals surface area contributed by atoms with Crippen LogP contribution in [0.1, 0.15) is 29.3 Å². The smallest absolute Gasteiger partial charge is 0.263 e. The van der Waals surface area contributed by atoms with Crippen LogP contribution in [-0.4, -0.2) is 12.0 Å². The van der Waals surface area contributed by atoms with Crippen molar-refractivity contribution in [3.8, 4) is 0 Å². The van der Waals surface area contributed by atoms with Gasteiger partial charge >= 0.3 is 0 Å². The highest BCUT2D eigenvalue weighted by molar-refractivity contribution is 9.09. The van der Waals surface area contributed by atoms with E-state index in [2.05, 4.69) is 15.9 Å². The van der Waals surface area contributed by atoms with Crippen LogP contribution in [0.5, 0.6) is 0 Å². The number of alkyl halides is 3. The summed E-state index contributed by atoms with van der Waals surface area (Å²) in [6, 6.07) is 4.40. The van der Waals surface area contributed by atoms with Crippen molar-refractivity contribution in [1.82, 2.24) is 0 Å². The lowest BCUT2D eigenvalue weighted by molar-refractivity contribution is -0.116. The Bertz CT molecular complexity index is 396. The molecule has 0 aromatic heterocycles. The fourth-order valence-electron chi connectivity index (χ4n) is 1.31. The normalized spacial score (nSPS) is 12.9. The predicted octanol–water partition coefficient (Wildman–Crippen LogP) is 4.37. The maximum absolute atomic E-state index is 12.5. The van der Waals surface area contributed by atoms with E-state index in [0.29, 0.717) is 5.56 Å². The lowest BCUT2D eigenvalue weighted by Crippen LogP contribution is -2.03. The maximum Gasteiger partial charge on any atom is 0.263 e. The number of carbonyl (C=O) groups is 1. The molecule has 88 valence electrons. The van der Waals surface area contributed by atoms with Gasteiger partial charge in [0.15, 0.2) is 0 Å². The first kappa shape index (κ1) is 13.6. The Morgan fingerprint density at radius 3 is 2.50 bits per heavy atom. The van der Waals surface area contributed by atoms with Crippen LogP contribution in [0, 0.1) is 0 Å². The van der Waals surface area contributed by atoms with E-state index in [1.807, 2.05) is 6.26 Å². The topological polar surface area (TPSA) is 17.1 Å². The number of benzene rings is 1. The van der Waals surface area contributed by atoms with Gasteiger partial charge in [-0.2, -0.15) is 0 Å². The van der Waals surface area contributed by atoms with Crippen LogP contribution in [0.4, 0.5) is 8.78 Å². The Kier molecular flexibility index (Phi) is 4.92. The lowest BCUT2D eigenvalue weighted by Gasteiger charge is -2.13. The monoisotopic (exact) mass is 308 g/mol. The van der Waals surface area contributed by atoms with E-state index in [4.69, 9.17) is 0 Å². The summed E-state index contributed by atoms with van der Waals surface area (Å²) in [5.74, 6) is -0.0956. The van der Waals surface area contributed by atoms with Gasteiger partial charge in [0.05, 0.1) is 4.83 Å². The zero-order valence-electron chi connectivity index (χ0n) is 8.84. The van der Waals surface area contributed by atoms with E-state index in [0.717, 1.165) is 4.90 Å². The van der Waals surface area contributed by atoms with E-state index in [-0.39, 0.29) is 11.3 Å². The largest absolute Gasteiger partial charge is 0.298 e. The van der Waals surface area contributed by atoms with Crippen molar-refractivity contribution in [3.05, 3.63) is 29.3 Å². The second-order valence-corrected chi connectivity index (χ2v) is 5.04. The molecular weight excluding hydrogens is 298 g/mol. The van der Waals surface area contributed by atoms with Crippen LogP contribution in [0.3, 0.4) is 0 Å². The molecule has 0 aliphatic rings. The Balaban J connectivity index is 3.21. The third-order valence-corrected chi connectivity index (χ3v) is 4.09. The molecule has 5 heteroatoms. The van der Waals surface area contributed by atoms with Gasteiger partial charge in [-0.1, -0.05) is 22.0 Å². The molecule has 1 unspecified atom stereocenters. The molecule has 0 heterocycles. The zero-order chi connectivity index (χ0) is 12.3. The van der Waals surface area contributed by atoms with Crippen molar-refractivity contribution < 1.29 is 13.6 Å². The van der Waals surface area contributed by atoms with Crippen LogP contribution < -0.4 is 0 Å². The van der Waals surface area contributed by atoms with Crippen molar-refractivity contribution in [2.45, 2.75) is 23.1 Å². The summed E-state index contributed by atoms with van der Waals surface area (Å²) >= 11 is 4.65. The van der Waals surface area contributed by atoms with Gasteiger partial charge in [0.2, 0.25) is 0 Å². The number of ketones is 1. The predicted molar refractivity (Wildman–Crippen MR) is 65.5 cm³/mol. The number of halogens is 3. The fourth-order valence-corrected chi connectivity index (χ4v) is 2.45. The van der Waals surface area contributed by atoms with E-state index in [1.165, 1.54) is 30.8 Å². The van der Waals surface area contributed by atoms with Crippen LogP contribution in [0.2, 0.25) is 0 Å². The number of rotatable bonds is 4. The Hall–Kier alpha value is -0.420. The first-order valence-corrected chi connectivity index (χ1v) is 6.72. The van der Waals surface area contributed by atoms with Crippen LogP contribution in [0.25, 0.3) is 0 Å². The van der Waals surface area contributed by atoms with Crippen molar-refractivity contribution in [2.75, 3.05) is 6.26 Å².